The molecule has 16 heavy (non-hydrogen) atoms. The number of primary amides is 1. The fourth-order valence-electron chi connectivity index (χ4n) is 1.19. The SMILES string of the molecule is C/C(CCc1ccc(O)cc1)=N/NC(N)=O. The van der Waals surface area contributed by atoms with Gasteiger partial charge >= 0.3 is 6.03 Å². The summed E-state index contributed by atoms with van der Waals surface area (Å²) in [4.78, 5) is 10.4. The maximum absolute atomic E-state index is 10.4. The van der Waals surface area contributed by atoms with Crippen LogP contribution in [0.4, 0.5) is 4.79 Å². The van der Waals surface area contributed by atoms with E-state index < -0.39 is 6.03 Å². The Hall–Kier alpha value is -2.04. The second-order valence-electron chi connectivity index (χ2n) is 3.49. The van der Waals surface area contributed by atoms with Gasteiger partial charge in [0.05, 0.1) is 0 Å². The molecule has 0 unspecified atom stereocenters. The summed E-state index contributed by atoms with van der Waals surface area (Å²) in [5.74, 6) is 0.254. The topological polar surface area (TPSA) is 87.7 Å². The molecule has 2 amide bonds. The highest BCUT2D eigenvalue weighted by atomic mass is 16.3. The van der Waals surface area contributed by atoms with Gasteiger partial charge < -0.3 is 10.8 Å². The molecule has 5 nitrogen and oxygen atoms in total. The van der Waals surface area contributed by atoms with Crippen molar-refractivity contribution in [2.45, 2.75) is 19.8 Å². The van der Waals surface area contributed by atoms with E-state index in [1.165, 1.54) is 0 Å². The van der Waals surface area contributed by atoms with Crippen LogP contribution in [-0.2, 0) is 6.42 Å². The average Bonchev–Trinajstić information content (AvgIpc) is 2.25. The molecule has 4 N–H and O–H groups in total. The average molecular weight is 221 g/mol. The van der Waals surface area contributed by atoms with Crippen LogP contribution in [0.5, 0.6) is 5.75 Å². The predicted molar refractivity (Wildman–Crippen MR) is 62.3 cm³/mol. The maximum Gasteiger partial charge on any atom is 0.332 e. The molecular formula is C11H15N3O2. The second-order valence-corrected chi connectivity index (χ2v) is 3.49. The van der Waals surface area contributed by atoms with Gasteiger partial charge in [0.15, 0.2) is 0 Å². The molecule has 0 spiro atoms. The summed E-state index contributed by atoms with van der Waals surface area (Å²) in [6, 6.07) is 6.32. The highest BCUT2D eigenvalue weighted by Crippen LogP contribution is 2.11. The molecule has 0 bridgehead atoms. The molecule has 0 heterocycles. The minimum absolute atomic E-state index is 0.254. The van der Waals surface area contributed by atoms with Crippen LogP contribution in [0.15, 0.2) is 29.4 Å². The van der Waals surface area contributed by atoms with Crippen molar-refractivity contribution in [2.75, 3.05) is 0 Å². The van der Waals surface area contributed by atoms with E-state index in [0.29, 0.717) is 0 Å². The van der Waals surface area contributed by atoms with Gasteiger partial charge in [-0.25, -0.2) is 10.2 Å². The number of nitrogens with two attached hydrogens (primary N) is 1. The number of nitrogens with one attached hydrogen (secondary N) is 1. The van der Waals surface area contributed by atoms with Crippen molar-refractivity contribution in [1.82, 2.24) is 5.43 Å². The van der Waals surface area contributed by atoms with Crippen LogP contribution >= 0.6 is 0 Å². The smallest absolute Gasteiger partial charge is 0.332 e. The lowest BCUT2D eigenvalue weighted by Gasteiger charge is -2.02. The second kappa shape index (κ2) is 5.75. The summed E-state index contributed by atoms with van der Waals surface area (Å²) in [7, 11) is 0. The number of phenols is 1. The molecule has 1 rings (SSSR count). The van der Waals surface area contributed by atoms with Gasteiger partial charge in [-0.15, -0.1) is 0 Å². The molecule has 86 valence electrons. The fraction of sp³-hybridized carbons (Fsp3) is 0.273. The Kier molecular flexibility index (Phi) is 4.32. The minimum atomic E-state index is -0.663. The number of hydrogen-bond donors (Lipinski definition) is 3. The van der Waals surface area contributed by atoms with Crippen molar-refractivity contribution in [3.8, 4) is 5.75 Å². The maximum atomic E-state index is 10.4. The number of benzene rings is 1. The van der Waals surface area contributed by atoms with Crippen molar-refractivity contribution in [3.05, 3.63) is 29.8 Å². The van der Waals surface area contributed by atoms with Crippen LogP contribution in [0.1, 0.15) is 18.9 Å². The van der Waals surface area contributed by atoms with Crippen LogP contribution in [0.3, 0.4) is 0 Å². The van der Waals surface area contributed by atoms with Gasteiger partial charge in [-0.3, -0.25) is 0 Å². The third-order valence-corrected chi connectivity index (χ3v) is 2.07. The molecule has 0 aliphatic carbocycles. The zero-order chi connectivity index (χ0) is 12.0. The highest BCUT2D eigenvalue weighted by Gasteiger charge is 1.97. The largest absolute Gasteiger partial charge is 0.508 e. The number of carbonyl (C=O) groups is 1. The first-order chi connectivity index (χ1) is 7.58. The molecule has 0 saturated heterocycles. The first-order valence-corrected chi connectivity index (χ1v) is 4.94. The third-order valence-electron chi connectivity index (χ3n) is 2.07. The number of amides is 2. The van der Waals surface area contributed by atoms with Gasteiger partial charge in [-0.1, -0.05) is 12.1 Å². The van der Waals surface area contributed by atoms with Crippen molar-refractivity contribution < 1.29 is 9.90 Å². The van der Waals surface area contributed by atoms with Crippen LogP contribution in [-0.4, -0.2) is 16.8 Å². The molecule has 0 atom stereocenters. The molecule has 0 aromatic heterocycles. The van der Waals surface area contributed by atoms with Crippen molar-refractivity contribution in [2.24, 2.45) is 10.8 Å². The normalized spacial score (nSPS) is 11.2. The summed E-state index contributed by atoms with van der Waals surface area (Å²) < 4.78 is 0. The summed E-state index contributed by atoms with van der Waals surface area (Å²) in [5.41, 5.74) is 8.96. The number of urea groups is 1. The van der Waals surface area contributed by atoms with E-state index >= 15 is 0 Å². The number of hydrazone groups is 1. The van der Waals surface area contributed by atoms with Gasteiger partial charge in [-0.05, 0) is 37.5 Å². The summed E-state index contributed by atoms with van der Waals surface area (Å²) in [5, 5.41) is 12.9. The zero-order valence-corrected chi connectivity index (χ0v) is 9.10. The summed E-state index contributed by atoms with van der Waals surface area (Å²) in [6.45, 7) is 1.82. The standard InChI is InChI=1S/C11H15N3O2/c1-8(13-14-11(12)16)2-3-9-4-6-10(15)7-5-9/h4-7,15H,2-3H2,1H3,(H3,12,14,16)/b13-8-. The lowest BCUT2D eigenvalue weighted by Crippen LogP contribution is -2.25. The highest BCUT2D eigenvalue weighted by molar-refractivity contribution is 5.83. The number of rotatable bonds is 4. The van der Waals surface area contributed by atoms with Crippen molar-refractivity contribution in [3.63, 3.8) is 0 Å². The van der Waals surface area contributed by atoms with E-state index in [9.17, 15) is 4.79 Å². The molecule has 1 aromatic carbocycles. The van der Waals surface area contributed by atoms with E-state index in [1.807, 2.05) is 19.1 Å². The molecule has 0 fully saturated rings. The predicted octanol–water partition coefficient (Wildman–Crippen LogP) is 1.37. The number of nitrogens with zero attached hydrogens (tertiary/aromatic N) is 1. The fourth-order valence-corrected chi connectivity index (χ4v) is 1.19. The van der Waals surface area contributed by atoms with Gasteiger partial charge in [0, 0.05) is 5.71 Å². The quantitative estimate of drug-likeness (QED) is 0.529. The summed E-state index contributed by atoms with van der Waals surface area (Å²) in [6.07, 6.45) is 1.53. The Morgan fingerprint density at radius 3 is 2.62 bits per heavy atom. The first-order valence-electron chi connectivity index (χ1n) is 4.94. The first kappa shape index (κ1) is 12.0. The number of phenolic OH excluding ortho intramolecular Hbond substituents is 1. The lowest BCUT2D eigenvalue weighted by molar-refractivity contribution is 0.249. The van der Waals surface area contributed by atoms with Gasteiger partial charge in [-0.2, -0.15) is 5.10 Å². The number of carbonyl (C=O) groups excluding carboxylic acids is 1. The van der Waals surface area contributed by atoms with Gasteiger partial charge in [0.1, 0.15) is 5.75 Å². The van der Waals surface area contributed by atoms with E-state index in [4.69, 9.17) is 10.8 Å². The van der Waals surface area contributed by atoms with Gasteiger partial charge in [0.25, 0.3) is 0 Å². The molecule has 1 aromatic rings. The molecular weight excluding hydrogens is 206 g/mol. The molecule has 0 aliphatic rings. The Bertz CT molecular complexity index is 385. The van der Waals surface area contributed by atoms with Crippen molar-refractivity contribution >= 4 is 11.7 Å². The zero-order valence-electron chi connectivity index (χ0n) is 9.10. The minimum Gasteiger partial charge on any atom is -0.508 e. The van der Waals surface area contributed by atoms with Crippen LogP contribution in [0.25, 0.3) is 0 Å². The molecule has 0 radical (unpaired) electrons. The van der Waals surface area contributed by atoms with E-state index in [-0.39, 0.29) is 5.75 Å². The number of hydrogen-bond acceptors (Lipinski definition) is 3. The number of aryl methyl sites for hydroxylation is 1. The lowest BCUT2D eigenvalue weighted by atomic mass is 10.1. The third kappa shape index (κ3) is 4.45. The Labute approximate surface area is 94.0 Å². The Balaban J connectivity index is 2.42. The molecule has 5 heteroatoms. The number of aromatic hydroxyl groups is 1. The molecule has 0 aliphatic heterocycles. The van der Waals surface area contributed by atoms with Crippen molar-refractivity contribution in [1.29, 1.82) is 0 Å². The Morgan fingerprint density at radius 1 is 1.44 bits per heavy atom. The van der Waals surface area contributed by atoms with Crippen LogP contribution in [0.2, 0.25) is 0 Å². The Morgan fingerprint density at radius 2 is 2.06 bits per heavy atom. The van der Waals surface area contributed by atoms with Gasteiger partial charge in [0.2, 0.25) is 0 Å². The van der Waals surface area contributed by atoms with E-state index in [0.717, 1.165) is 24.1 Å². The van der Waals surface area contributed by atoms with Crippen LogP contribution < -0.4 is 11.2 Å². The van der Waals surface area contributed by atoms with E-state index in [2.05, 4.69) is 10.5 Å². The van der Waals surface area contributed by atoms with E-state index in [1.54, 1.807) is 12.1 Å². The monoisotopic (exact) mass is 221 g/mol. The molecule has 0 saturated carbocycles. The summed E-state index contributed by atoms with van der Waals surface area (Å²) >= 11 is 0. The van der Waals surface area contributed by atoms with Crippen LogP contribution in [0, 0.1) is 0 Å².